The number of carbonyl (C=O) groups excluding carboxylic acids is 1. The highest BCUT2D eigenvalue weighted by atomic mass is 19.4. The van der Waals surface area contributed by atoms with Gasteiger partial charge in [-0.1, -0.05) is 12.1 Å². The van der Waals surface area contributed by atoms with Crippen LogP contribution in [0.15, 0.2) is 47.1 Å². The van der Waals surface area contributed by atoms with Crippen LogP contribution in [0.4, 0.5) is 24.9 Å². The van der Waals surface area contributed by atoms with Crippen molar-refractivity contribution >= 4 is 17.7 Å². The summed E-state index contributed by atoms with van der Waals surface area (Å²) in [7, 11) is 0. The summed E-state index contributed by atoms with van der Waals surface area (Å²) in [5, 5.41) is 6.25. The van der Waals surface area contributed by atoms with E-state index in [2.05, 4.69) is 20.6 Å². The van der Waals surface area contributed by atoms with Gasteiger partial charge in [0, 0.05) is 6.54 Å². The predicted molar refractivity (Wildman–Crippen MR) is 116 cm³/mol. The molecule has 0 aliphatic heterocycles. The van der Waals surface area contributed by atoms with E-state index in [0.29, 0.717) is 30.7 Å². The summed E-state index contributed by atoms with van der Waals surface area (Å²) in [5.74, 6) is 0.0980. The lowest BCUT2D eigenvalue weighted by molar-refractivity contribution is -0.137. The normalized spacial score (nSPS) is 14.6. The SMILES string of the molecule is CCNc1nc(NC2(c3cccc(C(F)(F)F)c3)CC2)c(C(=O)OCC)c(-c2ccco2)n1. The number of anilines is 2. The number of alkyl halides is 3. The molecule has 2 N–H and O–H groups in total. The van der Waals surface area contributed by atoms with Gasteiger partial charge in [0.1, 0.15) is 17.1 Å². The summed E-state index contributed by atoms with van der Waals surface area (Å²) in [6, 6.07) is 8.50. The highest BCUT2D eigenvalue weighted by Crippen LogP contribution is 2.50. The highest BCUT2D eigenvalue weighted by Gasteiger charge is 2.47. The summed E-state index contributed by atoms with van der Waals surface area (Å²) in [4.78, 5) is 21.8. The standard InChI is InChI=1S/C23H23F3N4O3/c1-3-27-21-28-18(16-9-6-12-33-16)17(20(31)32-4-2)19(29-21)30-22(10-11-22)14-7-5-8-15(13-14)23(24,25)26/h5-9,12-13H,3-4,10-11H2,1-2H3,(H2,27,28,29,30). The number of furan rings is 1. The molecular formula is C23H23F3N4O3. The molecule has 1 aliphatic rings. The monoisotopic (exact) mass is 460 g/mol. The minimum absolute atomic E-state index is 0.0618. The van der Waals surface area contributed by atoms with Crippen molar-refractivity contribution in [3.63, 3.8) is 0 Å². The van der Waals surface area contributed by atoms with Gasteiger partial charge >= 0.3 is 12.1 Å². The number of carbonyl (C=O) groups is 1. The van der Waals surface area contributed by atoms with Gasteiger partial charge in [0.2, 0.25) is 5.95 Å². The average molecular weight is 460 g/mol. The molecule has 0 radical (unpaired) electrons. The maximum atomic E-state index is 13.3. The molecular weight excluding hydrogens is 437 g/mol. The molecule has 33 heavy (non-hydrogen) atoms. The van der Waals surface area contributed by atoms with Crippen LogP contribution in [-0.2, 0) is 16.5 Å². The molecule has 174 valence electrons. The van der Waals surface area contributed by atoms with Gasteiger partial charge < -0.3 is 19.8 Å². The third kappa shape index (κ3) is 4.64. The number of halogens is 3. The fourth-order valence-corrected chi connectivity index (χ4v) is 3.61. The van der Waals surface area contributed by atoms with Gasteiger partial charge in [-0.25, -0.2) is 9.78 Å². The van der Waals surface area contributed by atoms with Crippen LogP contribution in [0.2, 0.25) is 0 Å². The lowest BCUT2D eigenvalue weighted by Gasteiger charge is -2.22. The lowest BCUT2D eigenvalue weighted by atomic mass is 10.0. The number of aromatic nitrogens is 2. The van der Waals surface area contributed by atoms with Crippen molar-refractivity contribution in [2.24, 2.45) is 0 Å². The summed E-state index contributed by atoms with van der Waals surface area (Å²) in [6.07, 6.45) is -1.85. The Morgan fingerprint density at radius 2 is 1.97 bits per heavy atom. The number of hydrogen-bond acceptors (Lipinski definition) is 7. The zero-order valence-electron chi connectivity index (χ0n) is 18.1. The van der Waals surface area contributed by atoms with E-state index in [-0.39, 0.29) is 29.6 Å². The minimum atomic E-state index is -4.46. The second-order valence-corrected chi connectivity index (χ2v) is 7.63. The zero-order valence-corrected chi connectivity index (χ0v) is 18.1. The highest BCUT2D eigenvalue weighted by molar-refractivity contribution is 6.01. The first kappa shape index (κ1) is 22.6. The molecule has 1 aromatic carbocycles. The molecule has 0 atom stereocenters. The molecule has 2 aromatic heterocycles. The zero-order chi connectivity index (χ0) is 23.6. The van der Waals surface area contributed by atoms with Crippen LogP contribution >= 0.6 is 0 Å². The predicted octanol–water partition coefficient (Wildman–Crippen LogP) is 5.47. The Hall–Kier alpha value is -3.56. The number of ether oxygens (including phenoxy) is 1. The molecule has 2 heterocycles. The quantitative estimate of drug-likeness (QED) is 0.431. The smallest absolute Gasteiger partial charge is 0.416 e. The van der Waals surface area contributed by atoms with E-state index in [4.69, 9.17) is 9.15 Å². The summed E-state index contributed by atoms with van der Waals surface area (Å²) < 4.78 is 50.6. The molecule has 0 bridgehead atoms. The fourth-order valence-electron chi connectivity index (χ4n) is 3.61. The Kier molecular flexibility index (Phi) is 6.01. The van der Waals surface area contributed by atoms with Gasteiger partial charge in [0.25, 0.3) is 0 Å². The van der Waals surface area contributed by atoms with Gasteiger partial charge in [-0.2, -0.15) is 18.2 Å². The van der Waals surface area contributed by atoms with Crippen molar-refractivity contribution in [2.45, 2.75) is 38.4 Å². The molecule has 3 aromatic rings. The number of nitrogens with one attached hydrogen (secondary N) is 2. The molecule has 7 nitrogen and oxygen atoms in total. The Balaban J connectivity index is 1.82. The number of esters is 1. The van der Waals surface area contributed by atoms with Crippen molar-refractivity contribution in [1.29, 1.82) is 0 Å². The van der Waals surface area contributed by atoms with Crippen molar-refractivity contribution < 1.29 is 27.1 Å². The van der Waals surface area contributed by atoms with Crippen LogP contribution in [0.3, 0.4) is 0 Å². The van der Waals surface area contributed by atoms with Gasteiger partial charge in [0.15, 0.2) is 5.76 Å². The summed E-state index contributed by atoms with van der Waals surface area (Å²) >= 11 is 0. The second kappa shape index (κ2) is 8.76. The molecule has 0 unspecified atom stereocenters. The molecule has 0 amide bonds. The fraction of sp³-hybridized carbons (Fsp3) is 0.348. The molecule has 1 aliphatic carbocycles. The third-order valence-corrected chi connectivity index (χ3v) is 5.33. The van der Waals surface area contributed by atoms with E-state index >= 15 is 0 Å². The average Bonchev–Trinajstić information content (AvgIpc) is 3.34. The molecule has 0 spiro atoms. The van der Waals surface area contributed by atoms with E-state index in [1.165, 1.54) is 12.3 Å². The summed E-state index contributed by atoms with van der Waals surface area (Å²) in [6.45, 7) is 4.20. The number of rotatable bonds is 8. The first-order valence-electron chi connectivity index (χ1n) is 10.6. The third-order valence-electron chi connectivity index (χ3n) is 5.33. The molecule has 10 heteroatoms. The maximum absolute atomic E-state index is 13.3. The molecule has 1 fully saturated rings. The first-order chi connectivity index (χ1) is 15.8. The van der Waals surface area contributed by atoms with Crippen LogP contribution in [-0.4, -0.2) is 29.1 Å². The lowest BCUT2D eigenvalue weighted by Crippen LogP contribution is -2.24. The van der Waals surface area contributed by atoms with Crippen molar-refractivity contribution in [3.8, 4) is 11.5 Å². The van der Waals surface area contributed by atoms with E-state index in [1.807, 2.05) is 6.92 Å². The first-order valence-corrected chi connectivity index (χ1v) is 10.6. The molecule has 4 rings (SSSR count). The Bertz CT molecular complexity index is 1140. The largest absolute Gasteiger partial charge is 0.463 e. The van der Waals surface area contributed by atoms with Gasteiger partial charge in [-0.15, -0.1) is 0 Å². The van der Waals surface area contributed by atoms with Crippen LogP contribution < -0.4 is 10.6 Å². The minimum Gasteiger partial charge on any atom is -0.463 e. The maximum Gasteiger partial charge on any atom is 0.416 e. The topological polar surface area (TPSA) is 89.3 Å². The number of benzene rings is 1. The Morgan fingerprint density at radius 1 is 1.18 bits per heavy atom. The van der Waals surface area contributed by atoms with E-state index in [9.17, 15) is 18.0 Å². The van der Waals surface area contributed by atoms with Gasteiger partial charge in [-0.3, -0.25) is 0 Å². The van der Waals surface area contributed by atoms with Crippen LogP contribution in [0.25, 0.3) is 11.5 Å². The van der Waals surface area contributed by atoms with Crippen molar-refractivity contribution in [1.82, 2.24) is 9.97 Å². The number of nitrogens with zero attached hydrogens (tertiary/aromatic N) is 2. The van der Waals surface area contributed by atoms with Gasteiger partial charge in [-0.05, 0) is 56.5 Å². The molecule has 0 saturated heterocycles. The van der Waals surface area contributed by atoms with E-state index < -0.39 is 23.2 Å². The van der Waals surface area contributed by atoms with Crippen molar-refractivity contribution in [3.05, 3.63) is 59.4 Å². The Labute approximate surface area is 188 Å². The van der Waals surface area contributed by atoms with E-state index in [1.54, 1.807) is 25.1 Å². The van der Waals surface area contributed by atoms with E-state index in [0.717, 1.165) is 12.1 Å². The van der Waals surface area contributed by atoms with Crippen molar-refractivity contribution in [2.75, 3.05) is 23.8 Å². The van der Waals surface area contributed by atoms with Gasteiger partial charge in [0.05, 0.1) is 24.0 Å². The Morgan fingerprint density at radius 3 is 2.58 bits per heavy atom. The second-order valence-electron chi connectivity index (χ2n) is 7.63. The number of hydrogen-bond donors (Lipinski definition) is 2. The van der Waals surface area contributed by atoms with Crippen LogP contribution in [0, 0.1) is 0 Å². The summed E-state index contributed by atoms with van der Waals surface area (Å²) in [5.41, 5.74) is -0.763. The van der Waals surface area contributed by atoms with Crippen LogP contribution in [0.5, 0.6) is 0 Å². The van der Waals surface area contributed by atoms with Crippen LogP contribution in [0.1, 0.15) is 48.2 Å². The molecule has 1 saturated carbocycles.